The molecule has 0 aliphatic carbocycles. The van der Waals surface area contributed by atoms with E-state index in [0.29, 0.717) is 5.75 Å². The summed E-state index contributed by atoms with van der Waals surface area (Å²) in [6.45, 7) is 3.39. The van der Waals surface area contributed by atoms with E-state index in [4.69, 9.17) is 9.47 Å². The molecular weight excluding hydrogens is 312 g/mol. The van der Waals surface area contributed by atoms with Crippen molar-refractivity contribution in [2.75, 3.05) is 6.61 Å². The Bertz CT molecular complexity index is 729. The minimum atomic E-state index is -1.46. The fourth-order valence-electron chi connectivity index (χ4n) is 2.99. The van der Waals surface area contributed by atoms with E-state index in [-0.39, 0.29) is 0 Å². The molecule has 6 nitrogen and oxygen atoms in total. The molecule has 2 aromatic rings. The molecule has 0 amide bonds. The van der Waals surface area contributed by atoms with Gasteiger partial charge in [0.1, 0.15) is 30.2 Å². The second kappa shape index (κ2) is 6.66. The number of ether oxygens (including phenoxy) is 2. The summed E-state index contributed by atoms with van der Waals surface area (Å²) in [6, 6.07) is 9.82. The van der Waals surface area contributed by atoms with E-state index < -0.39 is 37.3 Å². The zero-order valence-corrected chi connectivity index (χ0v) is 13.6. The number of hydrogen-bond acceptors (Lipinski definition) is 6. The Morgan fingerprint density at radius 2 is 1.75 bits per heavy atom. The van der Waals surface area contributed by atoms with Crippen LogP contribution in [0.4, 0.5) is 0 Å². The molecule has 0 unspecified atom stereocenters. The van der Waals surface area contributed by atoms with Gasteiger partial charge in [0.25, 0.3) is 0 Å². The summed E-state index contributed by atoms with van der Waals surface area (Å²) in [5.74, 6) is 0.515. The van der Waals surface area contributed by atoms with Crippen LogP contribution in [0.5, 0.6) is 5.75 Å². The quantitative estimate of drug-likeness (QED) is 0.657. The molecule has 6 heteroatoms. The second-order valence-electron chi connectivity index (χ2n) is 6.23. The SMILES string of the molecule is Cc1cc2cccc(C)c2cc1O[C@@H]1O[C@H](CO)[C@@H](O)[C@H](O)[C@H]1O. The highest BCUT2D eigenvalue weighted by Gasteiger charge is 2.44. The van der Waals surface area contributed by atoms with Gasteiger partial charge in [0.05, 0.1) is 6.61 Å². The molecule has 4 N–H and O–H groups in total. The van der Waals surface area contributed by atoms with Crippen molar-refractivity contribution in [3.05, 3.63) is 41.5 Å². The van der Waals surface area contributed by atoms with Crippen LogP contribution in [0.3, 0.4) is 0 Å². The Morgan fingerprint density at radius 3 is 2.46 bits per heavy atom. The third-order valence-corrected chi connectivity index (χ3v) is 4.49. The molecular formula is C18H22O6. The molecule has 0 bridgehead atoms. The average Bonchev–Trinajstić information content (AvgIpc) is 2.56. The molecule has 0 saturated carbocycles. The lowest BCUT2D eigenvalue weighted by atomic mass is 9.99. The monoisotopic (exact) mass is 334 g/mol. The van der Waals surface area contributed by atoms with Crippen LogP contribution in [0, 0.1) is 13.8 Å². The first-order valence-electron chi connectivity index (χ1n) is 7.89. The normalized spacial score (nSPS) is 30.5. The van der Waals surface area contributed by atoms with Gasteiger partial charge in [0.15, 0.2) is 0 Å². The predicted molar refractivity (Wildman–Crippen MR) is 87.8 cm³/mol. The first-order valence-corrected chi connectivity index (χ1v) is 7.89. The lowest BCUT2D eigenvalue weighted by Gasteiger charge is -2.39. The van der Waals surface area contributed by atoms with E-state index in [9.17, 15) is 20.4 Å². The van der Waals surface area contributed by atoms with Gasteiger partial charge in [0.2, 0.25) is 6.29 Å². The number of benzene rings is 2. The smallest absolute Gasteiger partial charge is 0.229 e. The Hall–Kier alpha value is -1.70. The average molecular weight is 334 g/mol. The highest BCUT2D eigenvalue weighted by molar-refractivity contribution is 5.87. The molecule has 2 aromatic carbocycles. The van der Waals surface area contributed by atoms with Crippen LogP contribution in [-0.4, -0.2) is 57.7 Å². The van der Waals surface area contributed by atoms with E-state index in [1.165, 1.54) is 0 Å². The van der Waals surface area contributed by atoms with Crippen molar-refractivity contribution in [3.8, 4) is 5.75 Å². The van der Waals surface area contributed by atoms with E-state index >= 15 is 0 Å². The van der Waals surface area contributed by atoms with E-state index in [2.05, 4.69) is 0 Å². The molecule has 1 saturated heterocycles. The number of aryl methyl sites for hydroxylation is 2. The summed E-state index contributed by atoms with van der Waals surface area (Å²) in [5, 5.41) is 41.1. The Labute approximate surface area is 139 Å². The summed E-state index contributed by atoms with van der Waals surface area (Å²) >= 11 is 0. The van der Waals surface area contributed by atoms with E-state index in [0.717, 1.165) is 21.9 Å². The summed E-state index contributed by atoms with van der Waals surface area (Å²) in [5.41, 5.74) is 1.94. The number of aliphatic hydroxyl groups excluding tert-OH is 4. The van der Waals surface area contributed by atoms with Crippen LogP contribution < -0.4 is 4.74 Å². The summed E-state index contributed by atoms with van der Waals surface area (Å²) in [7, 11) is 0. The standard InChI is InChI=1S/C18H22O6/c1-9-4-3-5-11-6-10(2)13(7-12(9)11)23-18-17(22)16(21)15(20)14(8-19)24-18/h3-7,14-22H,8H2,1-2H3/t14-,15-,16+,17-,18-/m1/s1. The van der Waals surface area contributed by atoms with Crippen molar-refractivity contribution in [1.29, 1.82) is 0 Å². The summed E-state index contributed by atoms with van der Waals surface area (Å²) in [6.07, 6.45) is -6.44. The number of rotatable bonds is 3. The first-order chi connectivity index (χ1) is 11.4. The van der Waals surface area contributed by atoms with Gasteiger partial charge in [-0.05, 0) is 47.9 Å². The highest BCUT2D eigenvalue weighted by Crippen LogP contribution is 2.31. The maximum atomic E-state index is 10.1. The minimum Gasteiger partial charge on any atom is -0.462 e. The van der Waals surface area contributed by atoms with Crippen LogP contribution in [0.1, 0.15) is 11.1 Å². The van der Waals surface area contributed by atoms with Crippen LogP contribution >= 0.6 is 0 Å². The fraction of sp³-hybridized carbons (Fsp3) is 0.444. The molecule has 1 heterocycles. The van der Waals surface area contributed by atoms with Crippen LogP contribution in [0.2, 0.25) is 0 Å². The molecule has 0 spiro atoms. The lowest BCUT2D eigenvalue weighted by molar-refractivity contribution is -0.277. The summed E-state index contributed by atoms with van der Waals surface area (Å²) in [4.78, 5) is 0. The zero-order chi connectivity index (χ0) is 17.4. The summed E-state index contributed by atoms with van der Waals surface area (Å²) < 4.78 is 11.2. The van der Waals surface area contributed by atoms with Crippen LogP contribution in [-0.2, 0) is 4.74 Å². The molecule has 24 heavy (non-hydrogen) atoms. The van der Waals surface area contributed by atoms with Gasteiger partial charge in [-0.15, -0.1) is 0 Å². The van der Waals surface area contributed by atoms with Gasteiger partial charge in [-0.3, -0.25) is 0 Å². The van der Waals surface area contributed by atoms with Gasteiger partial charge < -0.3 is 29.9 Å². The molecule has 1 aliphatic heterocycles. The van der Waals surface area contributed by atoms with Gasteiger partial charge >= 0.3 is 0 Å². The molecule has 0 radical (unpaired) electrons. The number of fused-ring (bicyclic) bond motifs is 1. The predicted octanol–water partition coefficient (Wildman–Crippen LogP) is 0.635. The topological polar surface area (TPSA) is 99.4 Å². The molecule has 130 valence electrons. The molecule has 3 rings (SSSR count). The lowest BCUT2D eigenvalue weighted by Crippen LogP contribution is -2.60. The number of aliphatic hydroxyl groups is 4. The van der Waals surface area contributed by atoms with Gasteiger partial charge in [-0.25, -0.2) is 0 Å². The van der Waals surface area contributed by atoms with Crippen molar-refractivity contribution in [3.63, 3.8) is 0 Å². The second-order valence-corrected chi connectivity index (χ2v) is 6.23. The molecule has 1 fully saturated rings. The maximum absolute atomic E-state index is 10.1. The molecule has 1 aliphatic rings. The zero-order valence-electron chi connectivity index (χ0n) is 13.6. The largest absolute Gasteiger partial charge is 0.462 e. The molecule has 0 aromatic heterocycles. The van der Waals surface area contributed by atoms with E-state index in [1.54, 1.807) is 0 Å². The fourth-order valence-corrected chi connectivity index (χ4v) is 2.99. The van der Waals surface area contributed by atoms with Crippen LogP contribution in [0.25, 0.3) is 10.8 Å². The van der Waals surface area contributed by atoms with Gasteiger partial charge in [-0.2, -0.15) is 0 Å². The molecule has 5 atom stereocenters. The Balaban J connectivity index is 1.91. The third-order valence-electron chi connectivity index (χ3n) is 4.49. The van der Waals surface area contributed by atoms with Crippen molar-refractivity contribution in [1.82, 2.24) is 0 Å². The highest BCUT2D eigenvalue weighted by atomic mass is 16.7. The van der Waals surface area contributed by atoms with E-state index in [1.807, 2.05) is 44.2 Å². The van der Waals surface area contributed by atoms with Crippen molar-refractivity contribution in [2.45, 2.75) is 44.6 Å². The van der Waals surface area contributed by atoms with Crippen molar-refractivity contribution in [2.24, 2.45) is 0 Å². The van der Waals surface area contributed by atoms with Gasteiger partial charge in [0, 0.05) is 0 Å². The first kappa shape index (κ1) is 17.1. The third kappa shape index (κ3) is 2.99. The van der Waals surface area contributed by atoms with Crippen molar-refractivity contribution >= 4 is 10.8 Å². The maximum Gasteiger partial charge on any atom is 0.229 e. The van der Waals surface area contributed by atoms with Gasteiger partial charge in [-0.1, -0.05) is 18.2 Å². The Morgan fingerprint density at radius 1 is 1.00 bits per heavy atom. The minimum absolute atomic E-state index is 0.485. The van der Waals surface area contributed by atoms with Crippen LogP contribution in [0.15, 0.2) is 30.3 Å². The Kier molecular flexibility index (Phi) is 4.76. The number of hydrogen-bond donors (Lipinski definition) is 4. The van der Waals surface area contributed by atoms with Crippen molar-refractivity contribution < 1.29 is 29.9 Å².